The lowest BCUT2D eigenvalue weighted by molar-refractivity contribution is -0.0631. The van der Waals surface area contributed by atoms with Crippen LogP contribution in [0.3, 0.4) is 0 Å². The van der Waals surface area contributed by atoms with Crippen LogP contribution in [0.5, 0.6) is 0 Å². The molecule has 102 valence electrons. The number of nitrogens with zero attached hydrogens (tertiary/aromatic N) is 2. The van der Waals surface area contributed by atoms with Gasteiger partial charge in [0.05, 0.1) is 17.3 Å². The molecule has 0 bridgehead atoms. The van der Waals surface area contributed by atoms with Gasteiger partial charge in [-0.2, -0.15) is 5.10 Å². The van der Waals surface area contributed by atoms with Crippen molar-refractivity contribution >= 4 is 0 Å². The van der Waals surface area contributed by atoms with Crippen LogP contribution in [0, 0.1) is 0 Å². The predicted octanol–water partition coefficient (Wildman–Crippen LogP) is 2.33. The van der Waals surface area contributed by atoms with Gasteiger partial charge in [0, 0.05) is 25.8 Å². The molecule has 1 saturated heterocycles. The van der Waals surface area contributed by atoms with Crippen LogP contribution in [0.4, 0.5) is 0 Å². The summed E-state index contributed by atoms with van der Waals surface area (Å²) in [5.74, 6) is 0. The summed E-state index contributed by atoms with van der Waals surface area (Å²) in [7, 11) is 0. The number of ether oxygens (including phenoxy) is 1. The van der Waals surface area contributed by atoms with E-state index in [1.807, 2.05) is 16.9 Å². The molecule has 18 heavy (non-hydrogen) atoms. The number of hydrogen-bond donors (Lipinski definition) is 1. The van der Waals surface area contributed by atoms with Gasteiger partial charge < -0.3 is 9.84 Å². The molecule has 1 aromatic rings. The summed E-state index contributed by atoms with van der Waals surface area (Å²) in [6.45, 7) is 5.68. The molecule has 0 aromatic carbocycles. The van der Waals surface area contributed by atoms with Gasteiger partial charge in [0.15, 0.2) is 0 Å². The third kappa shape index (κ3) is 3.12. The molecule has 0 unspecified atom stereocenters. The Morgan fingerprint density at radius 3 is 2.67 bits per heavy atom. The normalized spacial score (nSPS) is 19.3. The van der Waals surface area contributed by atoms with Gasteiger partial charge in [-0.25, -0.2) is 0 Å². The smallest absolute Gasteiger partial charge is 0.0747 e. The average molecular weight is 252 g/mol. The van der Waals surface area contributed by atoms with Crippen molar-refractivity contribution < 1.29 is 9.84 Å². The lowest BCUT2D eigenvalue weighted by atomic mass is 9.89. The molecular formula is C14H24N2O2. The Hall–Kier alpha value is -0.870. The molecule has 0 spiro atoms. The topological polar surface area (TPSA) is 47.3 Å². The highest BCUT2D eigenvalue weighted by molar-refractivity contribution is 5.05. The Balaban J connectivity index is 2.01. The Bertz CT molecular complexity index is 366. The van der Waals surface area contributed by atoms with E-state index in [0.717, 1.165) is 18.5 Å². The number of hydrogen-bond acceptors (Lipinski definition) is 3. The fourth-order valence-electron chi connectivity index (χ4n) is 2.60. The number of aromatic nitrogens is 2. The molecule has 0 saturated carbocycles. The van der Waals surface area contributed by atoms with Crippen LogP contribution in [-0.2, 0) is 11.2 Å². The van der Waals surface area contributed by atoms with E-state index in [-0.39, 0.29) is 0 Å². The minimum Gasteiger partial charge on any atom is -0.389 e. The minimum atomic E-state index is -0.620. The summed E-state index contributed by atoms with van der Waals surface area (Å²) >= 11 is 0. The lowest BCUT2D eigenvalue weighted by Gasteiger charge is -2.31. The molecule has 2 rings (SSSR count). The molecule has 4 heteroatoms. The standard InChI is InChI=1S/C14H24N2O2/c1-3-13(4-2)16-8-5-12(15-16)11-14(17)6-9-18-10-7-14/h5,8,13,17H,3-4,6-7,9-11H2,1-2H3. The average Bonchev–Trinajstić information content (AvgIpc) is 2.79. The van der Waals surface area contributed by atoms with Gasteiger partial charge >= 0.3 is 0 Å². The summed E-state index contributed by atoms with van der Waals surface area (Å²) in [5.41, 5.74) is 0.372. The molecule has 1 aliphatic rings. The van der Waals surface area contributed by atoms with Crippen molar-refractivity contribution in [3.63, 3.8) is 0 Å². The van der Waals surface area contributed by atoms with E-state index in [1.54, 1.807) is 0 Å². The molecule has 1 fully saturated rings. The fraction of sp³-hybridized carbons (Fsp3) is 0.786. The molecule has 0 atom stereocenters. The maximum absolute atomic E-state index is 10.5. The first-order valence-electron chi connectivity index (χ1n) is 7.01. The van der Waals surface area contributed by atoms with Crippen molar-refractivity contribution in [3.05, 3.63) is 18.0 Å². The van der Waals surface area contributed by atoms with E-state index in [0.29, 0.717) is 38.5 Å². The Kier molecular flexibility index (Phi) is 4.40. The Morgan fingerprint density at radius 1 is 1.39 bits per heavy atom. The van der Waals surface area contributed by atoms with Crippen molar-refractivity contribution in [3.8, 4) is 0 Å². The van der Waals surface area contributed by atoms with Crippen LogP contribution in [0.2, 0.25) is 0 Å². The molecule has 0 amide bonds. The monoisotopic (exact) mass is 252 g/mol. The Morgan fingerprint density at radius 2 is 2.06 bits per heavy atom. The quantitative estimate of drug-likeness (QED) is 0.875. The molecule has 4 nitrogen and oxygen atoms in total. The fourth-order valence-corrected chi connectivity index (χ4v) is 2.60. The predicted molar refractivity (Wildman–Crippen MR) is 70.6 cm³/mol. The SMILES string of the molecule is CCC(CC)n1ccc(CC2(O)CCOCC2)n1. The van der Waals surface area contributed by atoms with Gasteiger partial charge in [0.2, 0.25) is 0 Å². The molecule has 0 aliphatic carbocycles. The molecule has 1 aromatic heterocycles. The van der Waals surface area contributed by atoms with Gasteiger partial charge in [0.25, 0.3) is 0 Å². The Labute approximate surface area is 109 Å². The van der Waals surface area contributed by atoms with Crippen LogP contribution >= 0.6 is 0 Å². The first-order chi connectivity index (χ1) is 8.67. The van der Waals surface area contributed by atoms with Gasteiger partial charge in [0.1, 0.15) is 0 Å². The zero-order valence-corrected chi connectivity index (χ0v) is 11.4. The molecule has 1 aliphatic heterocycles. The molecule has 2 heterocycles. The summed E-state index contributed by atoms with van der Waals surface area (Å²) in [5, 5.41) is 15.1. The van der Waals surface area contributed by atoms with Gasteiger partial charge in [-0.05, 0) is 31.7 Å². The molecule has 0 radical (unpaired) electrons. The van der Waals surface area contributed by atoms with E-state index in [1.165, 1.54) is 0 Å². The largest absolute Gasteiger partial charge is 0.389 e. The van der Waals surface area contributed by atoms with E-state index >= 15 is 0 Å². The zero-order chi connectivity index (χ0) is 13.0. The third-order valence-corrected chi connectivity index (χ3v) is 3.91. The first-order valence-corrected chi connectivity index (χ1v) is 7.01. The van der Waals surface area contributed by atoms with Gasteiger partial charge in [-0.15, -0.1) is 0 Å². The highest BCUT2D eigenvalue weighted by Gasteiger charge is 2.30. The van der Waals surface area contributed by atoms with Crippen LogP contribution in [0.1, 0.15) is 51.3 Å². The van der Waals surface area contributed by atoms with E-state index in [9.17, 15) is 5.11 Å². The van der Waals surface area contributed by atoms with E-state index < -0.39 is 5.60 Å². The van der Waals surface area contributed by atoms with Crippen molar-refractivity contribution in [2.75, 3.05) is 13.2 Å². The van der Waals surface area contributed by atoms with Crippen LogP contribution < -0.4 is 0 Å². The number of aliphatic hydroxyl groups is 1. The van der Waals surface area contributed by atoms with Crippen molar-refractivity contribution in [1.29, 1.82) is 0 Å². The maximum atomic E-state index is 10.5. The lowest BCUT2D eigenvalue weighted by Crippen LogP contribution is -2.38. The highest BCUT2D eigenvalue weighted by Crippen LogP contribution is 2.25. The third-order valence-electron chi connectivity index (χ3n) is 3.91. The molecular weight excluding hydrogens is 228 g/mol. The molecule has 1 N–H and O–H groups in total. The van der Waals surface area contributed by atoms with Crippen molar-refractivity contribution in [2.24, 2.45) is 0 Å². The van der Waals surface area contributed by atoms with Gasteiger partial charge in [-0.1, -0.05) is 13.8 Å². The zero-order valence-electron chi connectivity index (χ0n) is 11.4. The van der Waals surface area contributed by atoms with Crippen molar-refractivity contribution in [2.45, 2.75) is 57.6 Å². The summed E-state index contributed by atoms with van der Waals surface area (Å²) in [6, 6.07) is 2.51. The van der Waals surface area contributed by atoms with Crippen LogP contribution in [0.25, 0.3) is 0 Å². The summed E-state index contributed by atoms with van der Waals surface area (Å²) < 4.78 is 7.33. The minimum absolute atomic E-state index is 0.475. The van der Waals surface area contributed by atoms with E-state index in [2.05, 4.69) is 18.9 Å². The van der Waals surface area contributed by atoms with Crippen LogP contribution in [-0.4, -0.2) is 33.7 Å². The van der Waals surface area contributed by atoms with E-state index in [4.69, 9.17) is 4.74 Å². The second-order valence-electron chi connectivity index (χ2n) is 5.27. The first kappa shape index (κ1) is 13.6. The second-order valence-corrected chi connectivity index (χ2v) is 5.27. The highest BCUT2D eigenvalue weighted by atomic mass is 16.5. The summed E-state index contributed by atoms with van der Waals surface area (Å²) in [6.07, 6.45) is 6.29. The maximum Gasteiger partial charge on any atom is 0.0747 e. The van der Waals surface area contributed by atoms with Crippen molar-refractivity contribution in [1.82, 2.24) is 9.78 Å². The van der Waals surface area contributed by atoms with Crippen LogP contribution in [0.15, 0.2) is 12.3 Å². The second kappa shape index (κ2) is 5.85. The summed E-state index contributed by atoms with van der Waals surface area (Å²) in [4.78, 5) is 0. The number of rotatable bonds is 5. The van der Waals surface area contributed by atoms with Gasteiger partial charge in [-0.3, -0.25) is 4.68 Å².